The molecule has 3 aliphatic rings. The summed E-state index contributed by atoms with van der Waals surface area (Å²) in [6, 6.07) is 4.86. The number of carbonyl (C=O) groups excluding carboxylic acids is 2. The molecule has 4 atom stereocenters. The van der Waals surface area contributed by atoms with Crippen LogP contribution in [0.4, 0.5) is 5.69 Å². The number of anilines is 1. The Kier molecular flexibility index (Phi) is 2.54. The Hall–Kier alpha value is -1.32. The molecule has 1 aromatic carbocycles. The molecule has 2 fully saturated rings. The maximum absolute atomic E-state index is 12.6. The summed E-state index contributed by atoms with van der Waals surface area (Å²) in [6.07, 6.45) is 5.09. The van der Waals surface area contributed by atoms with Gasteiger partial charge in [0.1, 0.15) is 0 Å². The molecule has 0 unspecified atom stereocenters. The maximum atomic E-state index is 12.6. The molecule has 2 bridgehead atoms. The third kappa shape index (κ3) is 1.48. The lowest BCUT2D eigenvalue weighted by atomic mass is 9.85. The van der Waals surface area contributed by atoms with E-state index in [1.165, 1.54) is 4.90 Å². The smallest absolute Gasteiger partial charge is 0.238 e. The van der Waals surface area contributed by atoms with Crippen LogP contribution < -0.4 is 4.90 Å². The van der Waals surface area contributed by atoms with Crippen LogP contribution in [0, 0.1) is 23.7 Å². The lowest BCUT2D eigenvalue weighted by Gasteiger charge is -2.17. The van der Waals surface area contributed by atoms with Crippen molar-refractivity contribution in [2.24, 2.45) is 23.7 Å². The highest BCUT2D eigenvalue weighted by molar-refractivity contribution is 6.42. The Morgan fingerprint density at radius 3 is 2.10 bits per heavy atom. The second-order valence-corrected chi connectivity index (χ2v) is 6.42. The SMILES string of the molecule is O=C1[C@H]2[C@H](C(=O)N1c1ccc(Cl)c(Cl)c1)[C@H]1C=C[C@H]2C1. The van der Waals surface area contributed by atoms with Crippen molar-refractivity contribution in [1.82, 2.24) is 0 Å². The number of allylic oxidation sites excluding steroid dienone is 2. The van der Waals surface area contributed by atoms with Gasteiger partial charge in [0, 0.05) is 0 Å². The molecular weight excluding hydrogens is 297 g/mol. The second-order valence-electron chi connectivity index (χ2n) is 5.61. The van der Waals surface area contributed by atoms with Crippen LogP contribution in [-0.4, -0.2) is 11.8 Å². The first-order valence-corrected chi connectivity index (χ1v) is 7.34. The summed E-state index contributed by atoms with van der Waals surface area (Å²) >= 11 is 11.9. The van der Waals surface area contributed by atoms with Crippen molar-refractivity contribution in [2.75, 3.05) is 4.90 Å². The predicted octanol–water partition coefficient (Wildman–Crippen LogP) is 3.30. The van der Waals surface area contributed by atoms with E-state index < -0.39 is 0 Å². The highest BCUT2D eigenvalue weighted by atomic mass is 35.5. The molecule has 2 aliphatic carbocycles. The molecule has 0 aromatic heterocycles. The number of hydrogen-bond donors (Lipinski definition) is 0. The Morgan fingerprint density at radius 2 is 1.55 bits per heavy atom. The van der Waals surface area contributed by atoms with Crippen molar-refractivity contribution >= 4 is 40.7 Å². The zero-order chi connectivity index (χ0) is 14.0. The fourth-order valence-corrected chi connectivity index (χ4v) is 4.07. The Balaban J connectivity index is 1.76. The molecule has 3 nitrogen and oxygen atoms in total. The van der Waals surface area contributed by atoms with Crippen LogP contribution in [0.25, 0.3) is 0 Å². The van der Waals surface area contributed by atoms with Crippen molar-refractivity contribution in [1.29, 1.82) is 0 Å². The summed E-state index contributed by atoms with van der Waals surface area (Å²) in [5, 5.41) is 0.763. The second kappa shape index (κ2) is 4.09. The lowest BCUT2D eigenvalue weighted by molar-refractivity contribution is -0.123. The number of benzene rings is 1. The third-order valence-electron chi connectivity index (χ3n) is 4.63. The monoisotopic (exact) mass is 307 g/mol. The first-order chi connectivity index (χ1) is 9.58. The fraction of sp³-hybridized carbons (Fsp3) is 0.333. The number of halogens is 2. The summed E-state index contributed by atoms with van der Waals surface area (Å²) in [4.78, 5) is 26.4. The van der Waals surface area contributed by atoms with E-state index in [2.05, 4.69) is 12.2 Å². The summed E-state index contributed by atoms with van der Waals surface area (Å²) in [5.41, 5.74) is 0.517. The van der Waals surface area contributed by atoms with Gasteiger partial charge in [0.25, 0.3) is 0 Å². The van der Waals surface area contributed by atoms with E-state index in [1.54, 1.807) is 18.2 Å². The number of imide groups is 1. The lowest BCUT2D eigenvalue weighted by Crippen LogP contribution is -2.32. The van der Waals surface area contributed by atoms with Crippen molar-refractivity contribution in [3.8, 4) is 0 Å². The zero-order valence-electron chi connectivity index (χ0n) is 10.4. The standard InChI is InChI=1S/C15H11Cl2NO2/c16-10-4-3-9(6-11(10)17)18-14(19)12-7-1-2-8(5-7)13(12)15(18)20/h1-4,6-8,12-13H,5H2/t7-,8-,12+,13+/m0/s1. The molecule has 1 aliphatic heterocycles. The summed E-state index contributed by atoms with van der Waals surface area (Å²) < 4.78 is 0. The van der Waals surface area contributed by atoms with Crippen molar-refractivity contribution in [3.63, 3.8) is 0 Å². The Bertz CT molecular complexity index is 640. The van der Waals surface area contributed by atoms with E-state index in [-0.39, 0.29) is 35.5 Å². The number of nitrogens with zero attached hydrogens (tertiary/aromatic N) is 1. The largest absolute Gasteiger partial charge is 0.274 e. The molecule has 0 N–H and O–H groups in total. The van der Waals surface area contributed by atoms with Crippen LogP contribution in [0.5, 0.6) is 0 Å². The minimum atomic E-state index is -0.188. The van der Waals surface area contributed by atoms with Gasteiger partial charge in [-0.3, -0.25) is 9.59 Å². The molecule has 1 saturated carbocycles. The molecule has 1 saturated heterocycles. The van der Waals surface area contributed by atoms with Gasteiger partial charge in [-0.15, -0.1) is 0 Å². The maximum Gasteiger partial charge on any atom is 0.238 e. The highest BCUT2D eigenvalue weighted by Gasteiger charge is 2.59. The molecule has 20 heavy (non-hydrogen) atoms. The summed E-state index contributed by atoms with van der Waals surface area (Å²) in [6.45, 7) is 0. The average molecular weight is 308 g/mol. The molecule has 1 aromatic rings. The fourth-order valence-electron chi connectivity index (χ4n) is 3.78. The topological polar surface area (TPSA) is 37.4 Å². The average Bonchev–Trinajstić information content (AvgIpc) is 3.08. The van der Waals surface area contributed by atoms with Gasteiger partial charge in [-0.1, -0.05) is 35.4 Å². The van der Waals surface area contributed by atoms with Crippen LogP contribution in [0.1, 0.15) is 6.42 Å². The van der Waals surface area contributed by atoms with Crippen molar-refractivity contribution in [3.05, 3.63) is 40.4 Å². The first-order valence-electron chi connectivity index (χ1n) is 6.59. The number of carbonyl (C=O) groups is 2. The zero-order valence-corrected chi connectivity index (χ0v) is 11.9. The minimum Gasteiger partial charge on any atom is -0.274 e. The third-order valence-corrected chi connectivity index (χ3v) is 5.37. The molecular formula is C15H11Cl2NO2. The van der Waals surface area contributed by atoms with Gasteiger partial charge in [-0.25, -0.2) is 4.90 Å². The van der Waals surface area contributed by atoms with E-state index in [0.717, 1.165) is 6.42 Å². The first kappa shape index (κ1) is 12.4. The van der Waals surface area contributed by atoms with Crippen LogP contribution >= 0.6 is 23.2 Å². The molecule has 102 valence electrons. The molecule has 4 rings (SSSR count). The summed E-state index contributed by atoms with van der Waals surface area (Å²) in [5.74, 6) is -0.146. The number of fused-ring (bicyclic) bond motifs is 5. The van der Waals surface area contributed by atoms with Gasteiger partial charge in [-0.05, 0) is 36.5 Å². The molecule has 5 heteroatoms. The quantitative estimate of drug-likeness (QED) is 0.589. The Labute approximate surface area is 126 Å². The Morgan fingerprint density at radius 1 is 0.950 bits per heavy atom. The number of amides is 2. The predicted molar refractivity (Wildman–Crippen MR) is 76.7 cm³/mol. The molecule has 1 heterocycles. The van der Waals surface area contributed by atoms with Gasteiger partial charge >= 0.3 is 0 Å². The van der Waals surface area contributed by atoms with Crippen molar-refractivity contribution < 1.29 is 9.59 Å². The van der Waals surface area contributed by atoms with Crippen LogP contribution in [0.15, 0.2) is 30.4 Å². The van der Waals surface area contributed by atoms with Crippen LogP contribution in [0.3, 0.4) is 0 Å². The van der Waals surface area contributed by atoms with Crippen LogP contribution in [0.2, 0.25) is 10.0 Å². The van der Waals surface area contributed by atoms with E-state index in [1.807, 2.05) is 0 Å². The normalized spacial score (nSPS) is 34.2. The van der Waals surface area contributed by atoms with Gasteiger partial charge < -0.3 is 0 Å². The highest BCUT2D eigenvalue weighted by Crippen LogP contribution is 2.53. The van der Waals surface area contributed by atoms with E-state index in [9.17, 15) is 9.59 Å². The number of rotatable bonds is 1. The minimum absolute atomic E-state index is 0.102. The number of hydrogen-bond acceptors (Lipinski definition) is 2. The van der Waals surface area contributed by atoms with Gasteiger partial charge in [0.2, 0.25) is 11.8 Å². The van der Waals surface area contributed by atoms with Gasteiger partial charge in [0.05, 0.1) is 27.6 Å². The van der Waals surface area contributed by atoms with E-state index in [0.29, 0.717) is 15.7 Å². The van der Waals surface area contributed by atoms with E-state index in [4.69, 9.17) is 23.2 Å². The van der Waals surface area contributed by atoms with Crippen molar-refractivity contribution in [2.45, 2.75) is 6.42 Å². The molecule has 0 radical (unpaired) electrons. The summed E-state index contributed by atoms with van der Waals surface area (Å²) in [7, 11) is 0. The van der Waals surface area contributed by atoms with Gasteiger partial charge in [-0.2, -0.15) is 0 Å². The molecule has 2 amide bonds. The van der Waals surface area contributed by atoms with E-state index >= 15 is 0 Å². The van der Waals surface area contributed by atoms with Crippen LogP contribution in [-0.2, 0) is 9.59 Å². The van der Waals surface area contributed by atoms with Gasteiger partial charge in [0.15, 0.2) is 0 Å². The molecule has 0 spiro atoms.